The molecule has 3 aromatic heterocycles. The number of hydrogen-bond acceptors (Lipinski definition) is 5. The molecule has 3 aromatic rings. The number of nitrogens with zero attached hydrogens (tertiary/aromatic N) is 5. The van der Waals surface area contributed by atoms with Crippen LogP contribution < -0.4 is 0 Å². The van der Waals surface area contributed by atoms with Crippen molar-refractivity contribution in [2.75, 3.05) is 7.11 Å². The van der Waals surface area contributed by atoms with Gasteiger partial charge in [-0.25, -0.2) is 14.3 Å². The number of hydrogen-bond donors (Lipinski definition) is 0. The van der Waals surface area contributed by atoms with Gasteiger partial charge in [-0.1, -0.05) is 0 Å². The summed E-state index contributed by atoms with van der Waals surface area (Å²) in [5.41, 5.74) is 3.35. The van der Waals surface area contributed by atoms with E-state index in [1.54, 1.807) is 23.1 Å². The van der Waals surface area contributed by atoms with Crippen LogP contribution in [0.5, 0.6) is 0 Å². The number of methoxy groups -OCH3 is 1. The van der Waals surface area contributed by atoms with Crippen LogP contribution in [0.15, 0.2) is 24.7 Å². The predicted molar refractivity (Wildman–Crippen MR) is 71.3 cm³/mol. The van der Waals surface area contributed by atoms with Gasteiger partial charge in [0.15, 0.2) is 11.3 Å². The second kappa shape index (κ2) is 4.44. The first-order valence-electron chi connectivity index (χ1n) is 6.03. The normalized spacial score (nSPS) is 10.9. The fraction of sp³-hybridized carbons (Fsp3) is 0.231. The Hall–Kier alpha value is -2.70. The Morgan fingerprint density at radius 2 is 2.10 bits per heavy atom. The molecule has 0 aliphatic heterocycles. The molecule has 0 saturated carbocycles. The van der Waals surface area contributed by atoms with Gasteiger partial charge in [0, 0.05) is 24.4 Å². The Morgan fingerprint density at radius 3 is 2.75 bits per heavy atom. The molecule has 0 spiro atoms. The maximum Gasteiger partial charge on any atom is 0.356 e. The lowest BCUT2D eigenvalue weighted by Gasteiger charge is -2.05. The van der Waals surface area contributed by atoms with E-state index >= 15 is 0 Å². The maximum atomic E-state index is 11.9. The van der Waals surface area contributed by atoms with Gasteiger partial charge in [0.05, 0.1) is 25.2 Å². The monoisotopic (exact) mass is 271 g/mol. The number of rotatable bonds is 2. The van der Waals surface area contributed by atoms with Gasteiger partial charge in [-0.3, -0.25) is 4.68 Å². The summed E-state index contributed by atoms with van der Waals surface area (Å²) in [7, 11) is 3.17. The highest BCUT2D eigenvalue weighted by Crippen LogP contribution is 2.20. The molecule has 0 saturated heterocycles. The first kappa shape index (κ1) is 12.3. The van der Waals surface area contributed by atoms with Crippen molar-refractivity contribution in [2.45, 2.75) is 6.92 Å². The zero-order valence-corrected chi connectivity index (χ0v) is 11.4. The first-order valence-corrected chi connectivity index (χ1v) is 6.03. The van der Waals surface area contributed by atoms with Crippen LogP contribution in [-0.2, 0) is 11.8 Å². The van der Waals surface area contributed by atoms with E-state index in [0.717, 1.165) is 11.1 Å². The number of aromatic nitrogens is 5. The fourth-order valence-electron chi connectivity index (χ4n) is 2.02. The summed E-state index contributed by atoms with van der Waals surface area (Å²) in [6, 6.07) is 1.66. The van der Waals surface area contributed by atoms with E-state index in [1.165, 1.54) is 11.6 Å². The zero-order valence-electron chi connectivity index (χ0n) is 11.4. The second-order valence-electron chi connectivity index (χ2n) is 4.48. The SMILES string of the molecule is COC(=O)c1cc(-c2cnn(C)c2)nc2c(C)cnn12. The van der Waals surface area contributed by atoms with E-state index < -0.39 is 5.97 Å². The number of aryl methyl sites for hydroxylation is 2. The molecule has 0 aliphatic rings. The molecular weight excluding hydrogens is 258 g/mol. The first-order chi connectivity index (χ1) is 9.60. The largest absolute Gasteiger partial charge is 0.464 e. The van der Waals surface area contributed by atoms with Crippen LogP contribution in [0.3, 0.4) is 0 Å². The van der Waals surface area contributed by atoms with Gasteiger partial charge in [-0.05, 0) is 13.0 Å². The van der Waals surface area contributed by atoms with Crippen LogP contribution in [0, 0.1) is 6.92 Å². The lowest BCUT2D eigenvalue weighted by molar-refractivity contribution is 0.0590. The van der Waals surface area contributed by atoms with Crippen LogP contribution in [-0.4, -0.2) is 37.5 Å². The van der Waals surface area contributed by atoms with Crippen LogP contribution >= 0.6 is 0 Å². The molecule has 0 radical (unpaired) electrons. The molecule has 0 fully saturated rings. The van der Waals surface area contributed by atoms with Crippen LogP contribution in [0.1, 0.15) is 16.1 Å². The third-order valence-corrected chi connectivity index (χ3v) is 3.04. The summed E-state index contributed by atoms with van der Waals surface area (Å²) in [5.74, 6) is -0.453. The number of esters is 1. The van der Waals surface area contributed by atoms with Crippen molar-refractivity contribution < 1.29 is 9.53 Å². The molecule has 0 amide bonds. The van der Waals surface area contributed by atoms with E-state index in [2.05, 4.69) is 15.2 Å². The lowest BCUT2D eigenvalue weighted by Crippen LogP contribution is -2.10. The minimum Gasteiger partial charge on any atom is -0.464 e. The van der Waals surface area contributed by atoms with E-state index in [9.17, 15) is 4.79 Å². The maximum absolute atomic E-state index is 11.9. The van der Waals surface area contributed by atoms with Crippen molar-refractivity contribution in [1.29, 1.82) is 0 Å². The number of ether oxygens (including phenoxy) is 1. The van der Waals surface area contributed by atoms with E-state index in [-0.39, 0.29) is 0 Å². The predicted octanol–water partition coefficient (Wildman–Crippen LogP) is 1.22. The Labute approximate surface area is 114 Å². The van der Waals surface area contributed by atoms with Gasteiger partial charge >= 0.3 is 5.97 Å². The quantitative estimate of drug-likeness (QED) is 0.655. The average Bonchev–Trinajstić information content (AvgIpc) is 3.04. The Balaban J connectivity index is 2.29. The zero-order chi connectivity index (χ0) is 14.3. The van der Waals surface area contributed by atoms with Gasteiger partial charge in [0.1, 0.15) is 0 Å². The Morgan fingerprint density at radius 1 is 1.30 bits per heavy atom. The topological polar surface area (TPSA) is 74.3 Å². The van der Waals surface area contributed by atoms with E-state index in [0.29, 0.717) is 17.0 Å². The second-order valence-corrected chi connectivity index (χ2v) is 4.48. The van der Waals surface area contributed by atoms with Crippen molar-refractivity contribution in [3.05, 3.63) is 35.9 Å². The molecule has 3 rings (SSSR count). The standard InChI is InChI=1S/C13H13N5O2/c1-8-5-15-18-11(13(19)20-3)4-10(16-12(8)18)9-6-14-17(2)7-9/h4-7H,1-3H3. The third-order valence-electron chi connectivity index (χ3n) is 3.04. The van der Waals surface area contributed by atoms with Crippen LogP contribution in [0.25, 0.3) is 16.9 Å². The molecule has 7 nitrogen and oxygen atoms in total. The molecular formula is C13H13N5O2. The van der Waals surface area contributed by atoms with Gasteiger partial charge in [0.2, 0.25) is 0 Å². The summed E-state index contributed by atoms with van der Waals surface area (Å²) < 4.78 is 7.97. The Kier molecular flexibility index (Phi) is 2.74. The molecule has 0 N–H and O–H groups in total. The molecule has 7 heteroatoms. The summed E-state index contributed by atoms with van der Waals surface area (Å²) in [6.07, 6.45) is 5.21. The highest BCUT2D eigenvalue weighted by atomic mass is 16.5. The van der Waals surface area contributed by atoms with Crippen LogP contribution in [0.2, 0.25) is 0 Å². The fourth-order valence-corrected chi connectivity index (χ4v) is 2.02. The summed E-state index contributed by atoms with van der Waals surface area (Å²) >= 11 is 0. The molecule has 0 bridgehead atoms. The lowest BCUT2D eigenvalue weighted by atomic mass is 10.2. The average molecular weight is 271 g/mol. The van der Waals surface area contributed by atoms with Gasteiger partial charge in [-0.2, -0.15) is 10.2 Å². The number of carbonyl (C=O) groups is 1. The molecule has 102 valence electrons. The van der Waals surface area contributed by atoms with Crippen molar-refractivity contribution in [1.82, 2.24) is 24.4 Å². The Bertz CT molecular complexity index is 802. The molecule has 3 heterocycles. The smallest absolute Gasteiger partial charge is 0.356 e. The van der Waals surface area contributed by atoms with E-state index in [1.807, 2.05) is 20.2 Å². The number of carbonyl (C=O) groups excluding carboxylic acids is 1. The third kappa shape index (κ3) is 1.83. The summed E-state index contributed by atoms with van der Waals surface area (Å²) in [5, 5.41) is 8.28. The van der Waals surface area contributed by atoms with Crippen molar-refractivity contribution in [2.24, 2.45) is 7.05 Å². The van der Waals surface area contributed by atoms with Crippen molar-refractivity contribution in [3.63, 3.8) is 0 Å². The minimum atomic E-state index is -0.453. The van der Waals surface area contributed by atoms with Crippen LogP contribution in [0.4, 0.5) is 0 Å². The number of fused-ring (bicyclic) bond motifs is 1. The minimum absolute atomic E-state index is 0.337. The summed E-state index contributed by atoms with van der Waals surface area (Å²) in [6.45, 7) is 1.89. The molecule has 0 atom stereocenters. The molecule has 0 aliphatic carbocycles. The van der Waals surface area contributed by atoms with Gasteiger partial charge < -0.3 is 4.74 Å². The van der Waals surface area contributed by atoms with Gasteiger partial charge in [-0.15, -0.1) is 0 Å². The van der Waals surface area contributed by atoms with Gasteiger partial charge in [0.25, 0.3) is 0 Å². The molecule has 0 unspecified atom stereocenters. The van der Waals surface area contributed by atoms with E-state index in [4.69, 9.17) is 4.74 Å². The van der Waals surface area contributed by atoms with Crippen molar-refractivity contribution in [3.8, 4) is 11.3 Å². The van der Waals surface area contributed by atoms with Crippen molar-refractivity contribution >= 4 is 11.6 Å². The molecule has 0 aromatic carbocycles. The summed E-state index contributed by atoms with van der Waals surface area (Å²) in [4.78, 5) is 16.4. The molecule has 20 heavy (non-hydrogen) atoms. The highest BCUT2D eigenvalue weighted by molar-refractivity contribution is 5.89. The highest BCUT2D eigenvalue weighted by Gasteiger charge is 2.17.